The van der Waals surface area contributed by atoms with Gasteiger partial charge in [-0.3, -0.25) is 14.5 Å². The summed E-state index contributed by atoms with van der Waals surface area (Å²) in [5.74, 6) is -0.667. The summed E-state index contributed by atoms with van der Waals surface area (Å²) < 4.78 is 5.58. The normalized spacial score (nSPS) is 44.7. The van der Waals surface area contributed by atoms with Crippen LogP contribution >= 0.6 is 0 Å². The summed E-state index contributed by atoms with van der Waals surface area (Å²) >= 11 is 0. The van der Waals surface area contributed by atoms with E-state index in [1.165, 1.54) is 4.90 Å². The van der Waals surface area contributed by atoms with E-state index in [4.69, 9.17) is 4.74 Å². The van der Waals surface area contributed by atoms with Crippen molar-refractivity contribution in [3.8, 4) is 0 Å². The van der Waals surface area contributed by atoms with Crippen molar-refractivity contribution in [2.45, 2.75) is 19.1 Å². The van der Waals surface area contributed by atoms with E-state index in [9.17, 15) is 9.59 Å². The number of fused-ring (bicyclic) bond motifs is 5. The van der Waals surface area contributed by atoms with Crippen molar-refractivity contribution in [3.05, 3.63) is 11.6 Å². The Labute approximate surface area is 81.5 Å². The lowest BCUT2D eigenvalue weighted by Crippen LogP contribution is -2.30. The molecule has 0 radical (unpaired) electrons. The van der Waals surface area contributed by atoms with Crippen molar-refractivity contribution in [2.24, 2.45) is 11.8 Å². The number of amides is 2. The molecule has 2 amide bonds. The third-order valence-corrected chi connectivity index (χ3v) is 3.48. The van der Waals surface area contributed by atoms with Crippen LogP contribution in [0.3, 0.4) is 0 Å². The van der Waals surface area contributed by atoms with Crippen molar-refractivity contribution in [2.75, 3.05) is 7.05 Å². The maximum absolute atomic E-state index is 11.7. The number of rotatable bonds is 0. The molecular weight excluding hydrogens is 182 g/mol. The van der Waals surface area contributed by atoms with Crippen LogP contribution in [0.5, 0.6) is 0 Å². The number of carbonyl (C=O) groups is 2. The Balaban J connectivity index is 2.07. The van der Waals surface area contributed by atoms with Crippen molar-refractivity contribution in [1.82, 2.24) is 4.90 Å². The van der Waals surface area contributed by atoms with E-state index in [1.54, 1.807) is 7.05 Å². The summed E-state index contributed by atoms with van der Waals surface area (Å²) in [5.41, 5.74) is 1.09. The Bertz CT molecular complexity index is 374. The number of imide groups is 1. The standard InChI is InChI=1S/C10H11NO3/c1-4-3-5-6-7(8(4)14-5)10(13)11(2)9(6)12/h3,5-8H,1-2H3. The molecule has 0 aromatic rings. The number of carbonyl (C=O) groups excluding carboxylic acids is 2. The van der Waals surface area contributed by atoms with Gasteiger partial charge >= 0.3 is 0 Å². The highest BCUT2D eigenvalue weighted by atomic mass is 16.5. The Kier molecular flexibility index (Phi) is 1.32. The Morgan fingerprint density at radius 3 is 2.64 bits per heavy atom. The van der Waals surface area contributed by atoms with E-state index in [0.29, 0.717) is 0 Å². The summed E-state index contributed by atoms with van der Waals surface area (Å²) in [6, 6.07) is 0. The lowest BCUT2D eigenvalue weighted by Gasteiger charge is -2.15. The minimum Gasteiger partial charge on any atom is -0.365 e. The number of nitrogens with zero attached hydrogens (tertiary/aromatic N) is 1. The van der Waals surface area contributed by atoms with Gasteiger partial charge in [-0.1, -0.05) is 6.08 Å². The van der Waals surface area contributed by atoms with E-state index in [0.717, 1.165) is 5.57 Å². The van der Waals surface area contributed by atoms with Gasteiger partial charge in [0.2, 0.25) is 11.8 Å². The van der Waals surface area contributed by atoms with Gasteiger partial charge in [-0.15, -0.1) is 0 Å². The van der Waals surface area contributed by atoms with Crippen LogP contribution in [0.4, 0.5) is 0 Å². The maximum atomic E-state index is 11.7. The zero-order valence-corrected chi connectivity index (χ0v) is 8.06. The van der Waals surface area contributed by atoms with Gasteiger partial charge in [0.05, 0.1) is 24.0 Å². The van der Waals surface area contributed by atoms with Crippen LogP contribution in [0.2, 0.25) is 0 Å². The Morgan fingerprint density at radius 1 is 1.29 bits per heavy atom. The molecule has 3 heterocycles. The molecule has 3 rings (SSSR count). The molecular formula is C10H11NO3. The lowest BCUT2D eigenvalue weighted by molar-refractivity contribution is -0.140. The van der Waals surface area contributed by atoms with Gasteiger partial charge in [-0.05, 0) is 12.5 Å². The van der Waals surface area contributed by atoms with E-state index >= 15 is 0 Å². The van der Waals surface area contributed by atoms with Gasteiger partial charge in [0, 0.05) is 7.05 Å². The summed E-state index contributed by atoms with van der Waals surface area (Å²) in [6.45, 7) is 1.96. The van der Waals surface area contributed by atoms with Crippen LogP contribution in [0, 0.1) is 11.8 Å². The largest absolute Gasteiger partial charge is 0.365 e. The molecule has 0 aromatic carbocycles. The molecule has 74 valence electrons. The summed E-state index contributed by atoms with van der Waals surface area (Å²) in [6.07, 6.45) is 1.66. The predicted molar refractivity (Wildman–Crippen MR) is 47.2 cm³/mol. The van der Waals surface area contributed by atoms with E-state index in [1.807, 2.05) is 13.0 Å². The third kappa shape index (κ3) is 0.696. The van der Waals surface area contributed by atoms with Gasteiger partial charge in [-0.2, -0.15) is 0 Å². The first kappa shape index (κ1) is 8.17. The third-order valence-electron chi connectivity index (χ3n) is 3.48. The fourth-order valence-corrected chi connectivity index (χ4v) is 2.75. The minimum absolute atomic E-state index is 0.0834. The van der Waals surface area contributed by atoms with Gasteiger partial charge in [0.1, 0.15) is 0 Å². The molecule has 3 aliphatic heterocycles. The van der Waals surface area contributed by atoms with Crippen molar-refractivity contribution in [1.29, 1.82) is 0 Å². The Morgan fingerprint density at radius 2 is 1.93 bits per heavy atom. The molecule has 0 saturated carbocycles. The first-order valence-electron chi connectivity index (χ1n) is 4.76. The quantitative estimate of drug-likeness (QED) is 0.400. The molecule has 2 saturated heterocycles. The highest BCUT2D eigenvalue weighted by Gasteiger charge is 2.61. The zero-order valence-electron chi connectivity index (χ0n) is 8.06. The molecule has 4 unspecified atom stereocenters. The lowest BCUT2D eigenvalue weighted by atomic mass is 9.82. The monoisotopic (exact) mass is 193 g/mol. The average Bonchev–Trinajstić information content (AvgIpc) is 2.74. The molecule has 0 N–H and O–H groups in total. The Hall–Kier alpha value is -1.16. The van der Waals surface area contributed by atoms with Crippen molar-refractivity contribution >= 4 is 11.8 Å². The minimum atomic E-state index is -0.249. The molecule has 3 aliphatic rings. The van der Waals surface area contributed by atoms with Crippen molar-refractivity contribution < 1.29 is 14.3 Å². The second kappa shape index (κ2) is 2.25. The van der Waals surface area contributed by atoms with Crippen LogP contribution in [-0.4, -0.2) is 36.0 Å². The molecule has 2 bridgehead atoms. The molecule has 4 nitrogen and oxygen atoms in total. The summed E-state index contributed by atoms with van der Waals surface area (Å²) in [5, 5.41) is 0. The van der Waals surface area contributed by atoms with Crippen molar-refractivity contribution in [3.63, 3.8) is 0 Å². The van der Waals surface area contributed by atoms with Gasteiger partial charge < -0.3 is 4.74 Å². The molecule has 0 aliphatic carbocycles. The highest BCUT2D eigenvalue weighted by molar-refractivity contribution is 6.06. The maximum Gasteiger partial charge on any atom is 0.235 e. The van der Waals surface area contributed by atoms with Gasteiger partial charge in [0.15, 0.2) is 0 Å². The van der Waals surface area contributed by atoms with Crippen LogP contribution in [0.1, 0.15) is 6.92 Å². The number of hydrogen-bond acceptors (Lipinski definition) is 3. The second-order valence-corrected chi connectivity index (χ2v) is 4.22. The number of ether oxygens (including phenoxy) is 1. The topological polar surface area (TPSA) is 46.6 Å². The van der Waals surface area contributed by atoms with E-state index in [2.05, 4.69) is 0 Å². The molecule has 14 heavy (non-hydrogen) atoms. The predicted octanol–water partition coefficient (Wildman–Crippen LogP) is -0.0553. The fourth-order valence-electron chi connectivity index (χ4n) is 2.75. The molecule has 4 heteroatoms. The van der Waals surface area contributed by atoms with E-state index < -0.39 is 0 Å². The van der Waals surface area contributed by atoms with Crippen LogP contribution in [0.15, 0.2) is 11.6 Å². The second-order valence-electron chi connectivity index (χ2n) is 4.22. The van der Waals surface area contributed by atoms with Gasteiger partial charge in [-0.25, -0.2) is 0 Å². The van der Waals surface area contributed by atoms with Crippen LogP contribution in [-0.2, 0) is 14.3 Å². The highest BCUT2D eigenvalue weighted by Crippen LogP contribution is 2.47. The SMILES string of the molecule is CC1=CC2OC1C1C(=O)N(C)C(=O)C21. The van der Waals surface area contributed by atoms with Crippen LogP contribution < -0.4 is 0 Å². The van der Waals surface area contributed by atoms with Crippen LogP contribution in [0.25, 0.3) is 0 Å². The summed E-state index contributed by atoms with van der Waals surface area (Å²) in [7, 11) is 1.55. The fraction of sp³-hybridized carbons (Fsp3) is 0.600. The van der Waals surface area contributed by atoms with E-state index in [-0.39, 0.29) is 35.9 Å². The molecule has 0 spiro atoms. The summed E-state index contributed by atoms with van der Waals surface area (Å²) in [4.78, 5) is 24.7. The molecule has 0 aromatic heterocycles. The number of likely N-dealkylation sites (tertiary alicyclic amines) is 1. The smallest absolute Gasteiger partial charge is 0.235 e. The zero-order chi connectivity index (χ0) is 10.0. The van der Waals surface area contributed by atoms with Gasteiger partial charge in [0.25, 0.3) is 0 Å². The molecule has 2 fully saturated rings. The first-order valence-corrected chi connectivity index (χ1v) is 4.76. The first-order chi connectivity index (χ1) is 6.61. The average molecular weight is 193 g/mol. The number of hydrogen-bond donors (Lipinski definition) is 0. The molecule has 4 atom stereocenters.